The Morgan fingerprint density at radius 2 is 2.00 bits per heavy atom. The maximum absolute atomic E-state index is 11.6. The predicted molar refractivity (Wildman–Crippen MR) is 133 cm³/mol. The molecule has 2 aliphatic rings. The Hall–Kier alpha value is -2.79. The number of benzene rings is 1. The predicted octanol–water partition coefficient (Wildman–Crippen LogP) is 2.82. The number of carbonyl (C=O) groups is 1. The second kappa shape index (κ2) is 10.4. The van der Waals surface area contributed by atoms with Crippen LogP contribution in [0.4, 0.5) is 5.82 Å². The quantitative estimate of drug-likeness (QED) is 0.391. The number of ether oxygens (including phenoxy) is 1. The first-order chi connectivity index (χ1) is 17.0. The van der Waals surface area contributed by atoms with Gasteiger partial charge in [-0.05, 0) is 49.8 Å². The molecule has 3 aromatic rings. The van der Waals surface area contributed by atoms with E-state index in [-0.39, 0.29) is 11.8 Å². The first-order valence-electron chi connectivity index (χ1n) is 11.8. The standard InChI is InChI=1S/C25H29N5O4S/c1-34-21-12-27-18-4-2-3-17(22(18)30-21)24(33)23(32)14-5-7-15(8-6-14)26-11-16-9-10-19-25(28-16)29-20(31)13-35-19/h2-4,9-10,12,14-15,23-24,26,32-33H,5-8,11,13H2,1H3,(H,28,29,31)/t14?,15?,23-,24-/m0/s1. The normalized spacial score (nSPS) is 21.7. The molecule has 2 atom stereocenters. The Morgan fingerprint density at radius 1 is 1.17 bits per heavy atom. The van der Waals surface area contributed by atoms with Crippen molar-refractivity contribution >= 4 is 34.5 Å². The Morgan fingerprint density at radius 3 is 2.80 bits per heavy atom. The number of methoxy groups -OCH3 is 1. The molecule has 4 N–H and O–H groups in total. The molecule has 3 heterocycles. The number of hydrogen-bond acceptors (Lipinski definition) is 9. The molecule has 10 heteroatoms. The molecule has 184 valence electrons. The zero-order chi connectivity index (χ0) is 24.4. The van der Waals surface area contributed by atoms with Crippen LogP contribution < -0.4 is 15.4 Å². The van der Waals surface area contributed by atoms with E-state index in [2.05, 4.69) is 25.6 Å². The lowest BCUT2D eigenvalue weighted by atomic mass is 9.80. The molecule has 5 rings (SSSR count). The van der Waals surface area contributed by atoms with Gasteiger partial charge in [-0.25, -0.2) is 15.0 Å². The molecule has 1 fully saturated rings. The summed E-state index contributed by atoms with van der Waals surface area (Å²) in [7, 11) is 1.52. The third kappa shape index (κ3) is 5.25. The first-order valence-corrected chi connectivity index (χ1v) is 12.8. The van der Waals surface area contributed by atoms with Crippen molar-refractivity contribution < 1.29 is 19.7 Å². The molecule has 35 heavy (non-hydrogen) atoms. The van der Waals surface area contributed by atoms with Crippen LogP contribution in [0.15, 0.2) is 41.4 Å². The van der Waals surface area contributed by atoms with Crippen LogP contribution in [0.1, 0.15) is 43.0 Å². The monoisotopic (exact) mass is 495 g/mol. The number of aliphatic hydroxyl groups is 2. The van der Waals surface area contributed by atoms with Gasteiger partial charge < -0.3 is 25.6 Å². The van der Waals surface area contributed by atoms with Gasteiger partial charge in [-0.1, -0.05) is 12.1 Å². The largest absolute Gasteiger partial charge is 0.480 e. The molecular formula is C25H29N5O4S. The van der Waals surface area contributed by atoms with Crippen molar-refractivity contribution in [3.63, 3.8) is 0 Å². The summed E-state index contributed by atoms with van der Waals surface area (Å²) < 4.78 is 5.18. The fourth-order valence-corrected chi connectivity index (χ4v) is 5.59. The molecule has 0 unspecified atom stereocenters. The lowest BCUT2D eigenvalue weighted by molar-refractivity contribution is -0.113. The Kier molecular flexibility index (Phi) is 7.14. The van der Waals surface area contributed by atoms with Crippen molar-refractivity contribution in [3.05, 3.63) is 47.8 Å². The number of nitrogens with zero attached hydrogens (tertiary/aromatic N) is 3. The van der Waals surface area contributed by atoms with E-state index in [0.29, 0.717) is 46.6 Å². The van der Waals surface area contributed by atoms with E-state index in [1.54, 1.807) is 6.07 Å². The number of aliphatic hydroxyl groups excluding tert-OH is 2. The highest BCUT2D eigenvalue weighted by Gasteiger charge is 2.32. The number of carbonyl (C=O) groups excluding carboxylic acids is 1. The summed E-state index contributed by atoms with van der Waals surface area (Å²) in [5.41, 5.74) is 2.64. The number of amides is 1. The van der Waals surface area contributed by atoms with Gasteiger partial charge in [0, 0.05) is 18.2 Å². The molecule has 9 nitrogen and oxygen atoms in total. The molecule has 2 aromatic heterocycles. The second-order valence-electron chi connectivity index (χ2n) is 9.04. The number of pyridine rings is 1. The molecule has 1 saturated carbocycles. The molecule has 0 saturated heterocycles. The van der Waals surface area contributed by atoms with Crippen molar-refractivity contribution in [1.29, 1.82) is 0 Å². The highest BCUT2D eigenvalue weighted by atomic mass is 32.2. The third-order valence-corrected chi connectivity index (χ3v) is 7.84. The van der Waals surface area contributed by atoms with Crippen molar-refractivity contribution in [2.45, 2.75) is 55.4 Å². The van der Waals surface area contributed by atoms with Crippen LogP contribution in [-0.2, 0) is 11.3 Å². The summed E-state index contributed by atoms with van der Waals surface area (Å²) in [5.74, 6) is 1.41. The molecule has 0 bridgehead atoms. The molecule has 0 radical (unpaired) electrons. The Bertz CT molecular complexity index is 1220. The highest BCUT2D eigenvalue weighted by Crippen LogP contribution is 2.35. The summed E-state index contributed by atoms with van der Waals surface area (Å²) in [4.78, 5) is 26.0. The van der Waals surface area contributed by atoms with E-state index in [1.165, 1.54) is 25.1 Å². The fraction of sp³-hybridized carbons (Fsp3) is 0.440. The highest BCUT2D eigenvalue weighted by molar-refractivity contribution is 8.00. The van der Waals surface area contributed by atoms with Gasteiger partial charge in [-0.15, -0.1) is 11.8 Å². The summed E-state index contributed by atoms with van der Waals surface area (Å²) >= 11 is 1.50. The number of thioether (sulfide) groups is 1. The van der Waals surface area contributed by atoms with E-state index in [0.717, 1.165) is 36.3 Å². The first kappa shape index (κ1) is 23.9. The van der Waals surface area contributed by atoms with Crippen LogP contribution in [-0.4, -0.2) is 56.1 Å². The topological polar surface area (TPSA) is 129 Å². The maximum atomic E-state index is 11.6. The minimum absolute atomic E-state index is 0.00835. The van der Waals surface area contributed by atoms with E-state index in [1.807, 2.05) is 24.3 Å². The lowest BCUT2D eigenvalue weighted by Gasteiger charge is -2.34. The number of aromatic nitrogens is 3. The van der Waals surface area contributed by atoms with E-state index in [4.69, 9.17) is 4.74 Å². The average molecular weight is 496 g/mol. The van der Waals surface area contributed by atoms with Gasteiger partial charge in [-0.3, -0.25) is 4.79 Å². The van der Waals surface area contributed by atoms with Gasteiger partial charge in [0.2, 0.25) is 11.8 Å². The molecule has 0 spiro atoms. The Balaban J connectivity index is 1.17. The average Bonchev–Trinajstić information content (AvgIpc) is 2.90. The van der Waals surface area contributed by atoms with Gasteiger partial charge in [0.1, 0.15) is 11.9 Å². The number of rotatable bonds is 7. The SMILES string of the molecule is COc1cnc2cccc([C@H](O)[C@@H](O)C3CCC(NCc4ccc5c(n4)NC(=O)CS5)CC3)c2n1. The molecular weight excluding hydrogens is 466 g/mol. The number of para-hydroxylation sites is 1. The van der Waals surface area contributed by atoms with Crippen molar-refractivity contribution in [3.8, 4) is 5.88 Å². The van der Waals surface area contributed by atoms with E-state index < -0.39 is 12.2 Å². The zero-order valence-corrected chi connectivity index (χ0v) is 20.3. The number of anilines is 1. The van der Waals surface area contributed by atoms with E-state index >= 15 is 0 Å². The van der Waals surface area contributed by atoms with Crippen molar-refractivity contribution in [2.75, 3.05) is 18.2 Å². The van der Waals surface area contributed by atoms with Gasteiger partial charge in [0.15, 0.2) is 0 Å². The molecule has 1 aromatic carbocycles. The van der Waals surface area contributed by atoms with Gasteiger partial charge in [0.05, 0.1) is 46.8 Å². The zero-order valence-electron chi connectivity index (χ0n) is 19.5. The second-order valence-corrected chi connectivity index (χ2v) is 10.1. The Labute approximate surface area is 207 Å². The smallest absolute Gasteiger partial charge is 0.235 e. The summed E-state index contributed by atoms with van der Waals surface area (Å²) in [5, 5.41) is 28.4. The van der Waals surface area contributed by atoms with Crippen LogP contribution >= 0.6 is 11.8 Å². The molecule has 1 aliphatic heterocycles. The van der Waals surface area contributed by atoms with Crippen LogP contribution in [0.3, 0.4) is 0 Å². The summed E-state index contributed by atoms with van der Waals surface area (Å²) in [6.07, 6.45) is 3.00. The van der Waals surface area contributed by atoms with Crippen LogP contribution in [0, 0.1) is 5.92 Å². The van der Waals surface area contributed by atoms with Gasteiger partial charge >= 0.3 is 0 Å². The van der Waals surface area contributed by atoms with Crippen molar-refractivity contribution in [2.24, 2.45) is 5.92 Å². The molecule has 1 amide bonds. The minimum atomic E-state index is -1.05. The van der Waals surface area contributed by atoms with Crippen LogP contribution in [0.5, 0.6) is 5.88 Å². The van der Waals surface area contributed by atoms with Gasteiger partial charge in [-0.2, -0.15) is 0 Å². The lowest BCUT2D eigenvalue weighted by Crippen LogP contribution is -2.37. The molecule has 1 aliphatic carbocycles. The van der Waals surface area contributed by atoms with Crippen LogP contribution in [0.2, 0.25) is 0 Å². The third-order valence-electron chi connectivity index (χ3n) is 6.79. The number of fused-ring (bicyclic) bond motifs is 2. The summed E-state index contributed by atoms with van der Waals surface area (Å²) in [6, 6.07) is 9.73. The van der Waals surface area contributed by atoms with E-state index in [9.17, 15) is 15.0 Å². The number of nitrogens with one attached hydrogen (secondary N) is 2. The minimum Gasteiger partial charge on any atom is -0.480 e. The van der Waals surface area contributed by atoms with Gasteiger partial charge in [0.25, 0.3) is 0 Å². The number of hydrogen-bond donors (Lipinski definition) is 4. The summed E-state index contributed by atoms with van der Waals surface area (Å²) in [6.45, 7) is 0.616. The maximum Gasteiger partial charge on any atom is 0.235 e. The van der Waals surface area contributed by atoms with Crippen LogP contribution in [0.25, 0.3) is 11.0 Å². The van der Waals surface area contributed by atoms with Crippen molar-refractivity contribution in [1.82, 2.24) is 20.3 Å². The fourth-order valence-electron chi connectivity index (χ4n) is 4.83.